The summed E-state index contributed by atoms with van der Waals surface area (Å²) in [7, 11) is 0. The van der Waals surface area contributed by atoms with Gasteiger partial charge in [-0.3, -0.25) is 4.79 Å². The lowest BCUT2D eigenvalue weighted by Crippen LogP contribution is -2.44. The fraction of sp³-hybridized carbons (Fsp3) is 0.286. The van der Waals surface area contributed by atoms with Gasteiger partial charge in [-0.15, -0.1) is 5.92 Å². The first-order chi connectivity index (χ1) is 14.9. The fourth-order valence-electron chi connectivity index (χ4n) is 2.89. The molecule has 0 bridgehead atoms. The molecular weight excluding hydrogens is 518 g/mol. The van der Waals surface area contributed by atoms with Gasteiger partial charge in [-0.05, 0) is 25.1 Å². The van der Waals surface area contributed by atoms with Crippen LogP contribution in [0.1, 0.15) is 23.5 Å². The van der Waals surface area contributed by atoms with E-state index in [1.807, 2.05) is 0 Å². The highest BCUT2D eigenvalue weighted by atomic mass is 127. The Morgan fingerprint density at radius 1 is 1.35 bits per heavy atom. The van der Waals surface area contributed by atoms with E-state index in [2.05, 4.69) is 27.1 Å². The molecule has 1 amide bonds. The van der Waals surface area contributed by atoms with Crippen LogP contribution < -0.4 is 5.32 Å². The van der Waals surface area contributed by atoms with Crippen LogP contribution in [0.5, 0.6) is 0 Å². The number of rotatable bonds is 8. The largest absolute Gasteiger partial charge is 0.392 e. The molecule has 0 saturated carbocycles. The zero-order valence-electron chi connectivity index (χ0n) is 16.5. The molecule has 3 aromatic rings. The normalized spacial score (nSPS) is 14.9. The van der Waals surface area contributed by atoms with E-state index in [1.165, 1.54) is 24.0 Å². The zero-order valence-corrected chi connectivity index (χ0v) is 18.7. The van der Waals surface area contributed by atoms with Crippen molar-refractivity contribution in [3.05, 3.63) is 54.5 Å². The van der Waals surface area contributed by atoms with Gasteiger partial charge in [0.25, 0.3) is 11.8 Å². The third-order valence-corrected chi connectivity index (χ3v) is 5.49. The summed E-state index contributed by atoms with van der Waals surface area (Å²) in [6, 6.07) is 10.3. The molecule has 0 saturated heterocycles. The summed E-state index contributed by atoms with van der Waals surface area (Å²) in [5, 5.41) is 23.1. The lowest BCUT2D eigenvalue weighted by molar-refractivity contribution is -0.227. The average molecular weight is 538 g/mol. The minimum atomic E-state index is -2.51. The molecule has 10 heteroatoms. The van der Waals surface area contributed by atoms with Gasteiger partial charge < -0.3 is 24.8 Å². The van der Waals surface area contributed by atoms with E-state index in [1.54, 1.807) is 59.0 Å². The second-order valence-corrected chi connectivity index (χ2v) is 7.24. The van der Waals surface area contributed by atoms with E-state index < -0.39 is 24.8 Å². The Bertz CT molecular complexity index is 1110. The Labute approximate surface area is 191 Å². The molecule has 0 aliphatic carbocycles. The quantitative estimate of drug-likeness (QED) is 0.231. The van der Waals surface area contributed by atoms with Gasteiger partial charge in [-0.25, -0.2) is 14.4 Å². The first-order valence-electron chi connectivity index (χ1n) is 9.25. The predicted molar refractivity (Wildman–Crippen MR) is 121 cm³/mol. The SMILES string of the molecule is CC#C[C@H](O)[C@@](F)(CI)O[C@H](CO)n1ccc2c(NC(=O)c3ccccc3)ncnc21. The summed E-state index contributed by atoms with van der Waals surface area (Å²) in [5.74, 6) is 2.18. The Hall–Kier alpha value is -2.59. The molecule has 3 atom stereocenters. The van der Waals surface area contributed by atoms with Crippen LogP contribution in [0.25, 0.3) is 11.0 Å². The summed E-state index contributed by atoms with van der Waals surface area (Å²) in [4.78, 5) is 20.8. The second-order valence-electron chi connectivity index (χ2n) is 6.47. The summed E-state index contributed by atoms with van der Waals surface area (Å²) in [6.45, 7) is 0.885. The summed E-state index contributed by atoms with van der Waals surface area (Å²) < 4.78 is 21.8. The number of amides is 1. The fourth-order valence-corrected chi connectivity index (χ4v) is 3.49. The molecule has 2 heterocycles. The molecule has 0 unspecified atom stereocenters. The van der Waals surface area contributed by atoms with Crippen molar-refractivity contribution in [3.63, 3.8) is 0 Å². The average Bonchev–Trinajstić information content (AvgIpc) is 3.23. The van der Waals surface area contributed by atoms with Crippen LogP contribution in [0.3, 0.4) is 0 Å². The first kappa shape index (κ1) is 23.1. The van der Waals surface area contributed by atoms with Crippen molar-refractivity contribution in [2.45, 2.75) is 25.1 Å². The van der Waals surface area contributed by atoms with Crippen molar-refractivity contribution in [1.82, 2.24) is 14.5 Å². The lowest BCUT2D eigenvalue weighted by Gasteiger charge is -2.30. The highest BCUT2D eigenvalue weighted by molar-refractivity contribution is 14.1. The highest BCUT2D eigenvalue weighted by Crippen LogP contribution is 2.30. The number of anilines is 1. The smallest absolute Gasteiger partial charge is 0.257 e. The van der Waals surface area contributed by atoms with Crippen LogP contribution in [0, 0.1) is 11.8 Å². The number of nitrogens with zero attached hydrogens (tertiary/aromatic N) is 3. The number of fused-ring (bicyclic) bond motifs is 1. The molecule has 0 spiro atoms. The predicted octanol–water partition coefficient (Wildman–Crippen LogP) is 2.68. The van der Waals surface area contributed by atoms with Crippen LogP contribution in [-0.2, 0) is 4.74 Å². The van der Waals surface area contributed by atoms with E-state index in [0.29, 0.717) is 16.6 Å². The van der Waals surface area contributed by atoms with Crippen LogP contribution in [0.15, 0.2) is 48.9 Å². The first-order valence-corrected chi connectivity index (χ1v) is 10.8. The van der Waals surface area contributed by atoms with E-state index >= 15 is 4.39 Å². The molecule has 8 nitrogen and oxygen atoms in total. The number of carbonyl (C=O) groups excluding carboxylic acids is 1. The molecule has 0 aliphatic heterocycles. The number of nitrogens with one attached hydrogen (secondary N) is 1. The van der Waals surface area contributed by atoms with E-state index in [9.17, 15) is 15.0 Å². The number of aliphatic hydroxyl groups excluding tert-OH is 2. The van der Waals surface area contributed by atoms with Crippen LogP contribution in [0.2, 0.25) is 0 Å². The number of ether oxygens (including phenoxy) is 1. The molecule has 1 aromatic carbocycles. The van der Waals surface area contributed by atoms with E-state index in [0.717, 1.165) is 0 Å². The molecule has 2 aromatic heterocycles. The van der Waals surface area contributed by atoms with E-state index in [4.69, 9.17) is 4.74 Å². The molecule has 3 rings (SSSR count). The zero-order chi connectivity index (χ0) is 22.4. The monoisotopic (exact) mass is 538 g/mol. The number of carbonyl (C=O) groups is 1. The van der Waals surface area contributed by atoms with Crippen molar-refractivity contribution in [1.29, 1.82) is 0 Å². The van der Waals surface area contributed by atoms with Crippen LogP contribution >= 0.6 is 22.6 Å². The summed E-state index contributed by atoms with van der Waals surface area (Å²) >= 11 is 1.74. The van der Waals surface area contributed by atoms with Crippen molar-refractivity contribution in [2.24, 2.45) is 0 Å². The number of halogens is 2. The maximum absolute atomic E-state index is 15.2. The van der Waals surface area contributed by atoms with Gasteiger partial charge in [0, 0.05) is 11.8 Å². The van der Waals surface area contributed by atoms with Gasteiger partial charge in [0.15, 0.2) is 12.3 Å². The van der Waals surface area contributed by atoms with E-state index in [-0.39, 0.29) is 16.2 Å². The third kappa shape index (κ3) is 5.01. The van der Waals surface area contributed by atoms with Gasteiger partial charge >= 0.3 is 0 Å². The number of aliphatic hydroxyl groups is 2. The minimum absolute atomic E-state index is 0.219. The Morgan fingerprint density at radius 2 is 2.10 bits per heavy atom. The van der Waals surface area contributed by atoms with Crippen molar-refractivity contribution >= 4 is 45.3 Å². The third-order valence-electron chi connectivity index (χ3n) is 4.45. The summed E-state index contributed by atoms with van der Waals surface area (Å²) in [6.07, 6.45) is -0.116. The lowest BCUT2D eigenvalue weighted by atomic mass is 10.2. The number of hydrogen-bond acceptors (Lipinski definition) is 6. The van der Waals surface area contributed by atoms with Crippen molar-refractivity contribution < 1.29 is 24.1 Å². The highest BCUT2D eigenvalue weighted by Gasteiger charge is 2.40. The maximum atomic E-state index is 15.2. The van der Waals surface area contributed by atoms with Gasteiger partial charge in [0.2, 0.25) is 0 Å². The topological polar surface area (TPSA) is 110 Å². The van der Waals surface area contributed by atoms with Gasteiger partial charge in [0.1, 0.15) is 17.8 Å². The molecular formula is C21H20FIN4O4. The molecule has 0 fully saturated rings. The Morgan fingerprint density at radius 3 is 2.74 bits per heavy atom. The van der Waals surface area contributed by atoms with Crippen molar-refractivity contribution in [3.8, 4) is 11.8 Å². The molecule has 0 radical (unpaired) electrons. The van der Waals surface area contributed by atoms with Crippen LogP contribution in [0.4, 0.5) is 10.2 Å². The Balaban J connectivity index is 1.91. The Kier molecular flexibility index (Phi) is 7.55. The number of alkyl halides is 2. The maximum Gasteiger partial charge on any atom is 0.257 e. The molecule has 3 N–H and O–H groups in total. The number of hydrogen-bond donors (Lipinski definition) is 3. The van der Waals surface area contributed by atoms with Crippen molar-refractivity contribution in [2.75, 3.05) is 16.4 Å². The van der Waals surface area contributed by atoms with Gasteiger partial charge in [-0.2, -0.15) is 0 Å². The molecule has 0 aliphatic rings. The molecule has 31 heavy (non-hydrogen) atoms. The second kappa shape index (κ2) is 10.1. The van der Waals surface area contributed by atoms with Gasteiger partial charge in [-0.1, -0.05) is 46.7 Å². The van der Waals surface area contributed by atoms with Crippen LogP contribution in [-0.4, -0.2) is 53.6 Å². The molecule has 162 valence electrons. The van der Waals surface area contributed by atoms with Gasteiger partial charge in [0.05, 0.1) is 16.4 Å². The summed E-state index contributed by atoms with van der Waals surface area (Å²) in [5.41, 5.74) is 0.768. The standard InChI is InChI=1S/C21H20FIN4O4/c1-2-6-16(29)21(22,12-23)31-17(11-28)27-10-9-15-18(24-13-25-19(15)27)26-20(30)14-7-4-3-5-8-14/h3-5,7-10,13,16-17,28-29H,11-12H2,1H3,(H,24,25,26,30)/t16-,17+,21+/m0/s1. The minimum Gasteiger partial charge on any atom is -0.392 e. The number of aromatic nitrogens is 3. The number of benzene rings is 1.